The summed E-state index contributed by atoms with van der Waals surface area (Å²) in [5.41, 5.74) is 0.786. The first-order valence-electron chi connectivity index (χ1n) is 30.1. The molecule has 4 saturated heterocycles. The van der Waals surface area contributed by atoms with Gasteiger partial charge in [-0.15, -0.1) is 0 Å². The average Bonchev–Trinajstić information content (AvgIpc) is 3.39. The fraction of sp³-hybridized carbons (Fsp3) is 0.778. The number of carbonyl (C=O) groups excluding carboxylic acids is 2. The first-order valence-corrected chi connectivity index (χ1v) is 30.1. The third-order valence-corrected chi connectivity index (χ3v) is 17.9. The lowest BCUT2D eigenvalue weighted by Crippen LogP contribution is -2.56. The smallest absolute Gasteiger partial charge is 0.331 e. The van der Waals surface area contributed by atoms with E-state index in [0.717, 1.165) is 17.6 Å². The lowest BCUT2D eigenvalue weighted by molar-refractivity contribution is -0.330. The average molecular weight is 1130 g/mol. The van der Waals surface area contributed by atoms with Crippen LogP contribution in [0.3, 0.4) is 0 Å². The fourth-order valence-corrected chi connectivity index (χ4v) is 12.7. The van der Waals surface area contributed by atoms with Crippen molar-refractivity contribution < 1.29 is 83.2 Å². The molecule has 24 atom stereocenters. The largest absolute Gasteiger partial charge is 0.458 e. The van der Waals surface area contributed by atoms with E-state index >= 15 is 0 Å². The van der Waals surface area contributed by atoms with Gasteiger partial charge in [0, 0.05) is 86.2 Å². The highest BCUT2D eigenvalue weighted by atomic mass is 16.7. The van der Waals surface area contributed by atoms with Gasteiger partial charge in [0.2, 0.25) is 0 Å². The summed E-state index contributed by atoms with van der Waals surface area (Å²) in [5.74, 6) is -5.07. The monoisotopic (exact) mass is 1130 g/mol. The number of hydrogen-bond acceptors (Lipinski definition) is 17. The molecule has 17 heteroatoms. The van der Waals surface area contributed by atoms with Gasteiger partial charge >= 0.3 is 11.9 Å². The molecule has 5 aliphatic rings. The van der Waals surface area contributed by atoms with Gasteiger partial charge in [-0.2, -0.15) is 0 Å². The van der Waals surface area contributed by atoms with Gasteiger partial charge in [0.25, 0.3) is 0 Å². The molecule has 17 nitrogen and oxygen atoms in total. The number of aliphatic hydroxyl groups excluding tert-OH is 6. The van der Waals surface area contributed by atoms with Crippen LogP contribution in [-0.2, 0) is 47.5 Å². The Morgan fingerprint density at radius 1 is 0.588 bits per heavy atom. The topological polar surface area (TPSA) is 250 Å². The van der Waals surface area contributed by atoms with E-state index in [1.165, 1.54) is 12.2 Å². The molecule has 24 unspecified atom stereocenters. The summed E-state index contributed by atoms with van der Waals surface area (Å²) in [7, 11) is 0. The molecule has 5 aliphatic heterocycles. The Morgan fingerprint density at radius 3 is 1.40 bits per heavy atom. The molecular weight excluding hydrogens is 1030 g/mol. The maximum Gasteiger partial charge on any atom is 0.331 e. The second kappa shape index (κ2) is 31.1. The molecule has 0 aromatic heterocycles. The summed E-state index contributed by atoms with van der Waals surface area (Å²) in [6, 6.07) is 0. The quantitative estimate of drug-likeness (QED) is 0.0640. The first kappa shape index (κ1) is 67.6. The summed E-state index contributed by atoms with van der Waals surface area (Å²) in [5, 5.41) is 77.9. The summed E-state index contributed by atoms with van der Waals surface area (Å²) in [4.78, 5) is 27.9. The van der Waals surface area contributed by atoms with Crippen LogP contribution < -0.4 is 0 Å². The summed E-state index contributed by atoms with van der Waals surface area (Å²) < 4.78 is 50.4. The van der Waals surface area contributed by atoms with E-state index in [2.05, 4.69) is 6.92 Å². The minimum absolute atomic E-state index is 0.00708. The normalized spacial score (nSPS) is 43.6. The van der Waals surface area contributed by atoms with Gasteiger partial charge in [0.15, 0.2) is 18.4 Å². The van der Waals surface area contributed by atoms with E-state index < -0.39 is 127 Å². The minimum Gasteiger partial charge on any atom is -0.458 e. The number of cyclic esters (lactones) is 2. The van der Waals surface area contributed by atoms with Gasteiger partial charge in [0.05, 0.1) is 66.6 Å². The first-order chi connectivity index (χ1) is 37.8. The highest BCUT2D eigenvalue weighted by Crippen LogP contribution is 2.43. The molecule has 0 radical (unpaired) electrons. The van der Waals surface area contributed by atoms with E-state index in [1.807, 2.05) is 98.8 Å². The van der Waals surface area contributed by atoms with Crippen molar-refractivity contribution in [3.8, 4) is 0 Å². The molecule has 0 aliphatic carbocycles. The van der Waals surface area contributed by atoms with Gasteiger partial charge in [0.1, 0.15) is 24.4 Å². The number of ether oxygens (including phenoxy) is 8. The Labute approximate surface area is 477 Å². The lowest BCUT2D eigenvalue weighted by Gasteiger charge is -2.49. The third kappa shape index (κ3) is 18.4. The Hall–Kier alpha value is -3.14. The molecule has 5 heterocycles. The Kier molecular flexibility index (Phi) is 26.3. The zero-order valence-electron chi connectivity index (χ0n) is 50.2. The zero-order valence-corrected chi connectivity index (χ0v) is 50.2. The predicted molar refractivity (Wildman–Crippen MR) is 303 cm³/mol. The van der Waals surface area contributed by atoms with Crippen LogP contribution in [0, 0.1) is 35.5 Å². The van der Waals surface area contributed by atoms with Crippen molar-refractivity contribution in [1.82, 2.24) is 0 Å². The second-order valence-corrected chi connectivity index (χ2v) is 23.9. The number of aliphatic hydroxyl groups is 7. The second-order valence-electron chi connectivity index (χ2n) is 23.9. The summed E-state index contributed by atoms with van der Waals surface area (Å²) in [6.07, 6.45) is 9.73. The lowest BCUT2D eigenvalue weighted by atomic mass is 9.77. The number of carbonyl (C=O) groups is 2. The van der Waals surface area contributed by atoms with Crippen LogP contribution in [0.25, 0.3) is 0 Å². The van der Waals surface area contributed by atoms with E-state index in [4.69, 9.17) is 37.9 Å². The summed E-state index contributed by atoms with van der Waals surface area (Å²) in [6.45, 7) is 24.9. The number of allylic oxidation sites excluding steroid dienone is 8. The van der Waals surface area contributed by atoms with Crippen molar-refractivity contribution in [1.29, 1.82) is 0 Å². The van der Waals surface area contributed by atoms with Gasteiger partial charge in [-0.25, -0.2) is 9.59 Å². The molecule has 7 N–H and O–H groups in total. The molecule has 0 amide bonds. The third-order valence-electron chi connectivity index (χ3n) is 17.9. The molecule has 0 aromatic rings. The van der Waals surface area contributed by atoms with E-state index in [0.29, 0.717) is 38.5 Å². The molecule has 456 valence electrons. The minimum atomic E-state index is -1.82. The maximum atomic E-state index is 14.0. The number of hydrogen-bond donors (Lipinski definition) is 7. The van der Waals surface area contributed by atoms with Crippen LogP contribution in [0.1, 0.15) is 167 Å². The standard InChI is InChI=1S/C63H102O17/c1-14-42-22-20-24-44(16-3)60(36(7)50(66)32-62(13)34-52(46(18-5)38(9)79-62)75-56-30-48(64)58(70)40(11)73-56)77-54(68)28-26-43(15-2)23-21-25-45(17-4)61(78-55(69)29-27-42)37(8)51(67)33-63(72)35-53(47(19-6)39(10)80-63)76-57-31-49(65)59(71)41(12)74-57/h20-29,36-41,44-53,56-61,64-67,70-72H,14-19,30-35H2,1-13H3/b24-20+,25-21+,28-26+,29-27+,42-22+,43-23+. The zero-order chi connectivity index (χ0) is 59.2. The van der Waals surface area contributed by atoms with Crippen molar-refractivity contribution in [2.45, 2.75) is 276 Å². The van der Waals surface area contributed by atoms with Crippen molar-refractivity contribution in [2.75, 3.05) is 0 Å². The van der Waals surface area contributed by atoms with Gasteiger partial charge in [-0.05, 0) is 84.3 Å². The summed E-state index contributed by atoms with van der Waals surface area (Å²) >= 11 is 0. The molecule has 0 saturated carbocycles. The maximum absolute atomic E-state index is 14.0. The van der Waals surface area contributed by atoms with Crippen LogP contribution in [0.4, 0.5) is 0 Å². The van der Waals surface area contributed by atoms with Crippen LogP contribution in [0.15, 0.2) is 71.9 Å². The van der Waals surface area contributed by atoms with E-state index in [-0.39, 0.29) is 62.1 Å². The molecular formula is C63H102O17. The fourth-order valence-electron chi connectivity index (χ4n) is 12.7. The van der Waals surface area contributed by atoms with Crippen LogP contribution in [0.2, 0.25) is 0 Å². The molecule has 0 aromatic carbocycles. The highest BCUT2D eigenvalue weighted by molar-refractivity contribution is 5.83. The van der Waals surface area contributed by atoms with Gasteiger partial charge < -0.3 is 73.6 Å². The molecule has 80 heavy (non-hydrogen) atoms. The van der Waals surface area contributed by atoms with Crippen molar-refractivity contribution in [3.05, 3.63) is 71.9 Å². The van der Waals surface area contributed by atoms with Crippen molar-refractivity contribution in [3.63, 3.8) is 0 Å². The van der Waals surface area contributed by atoms with Crippen LogP contribution >= 0.6 is 0 Å². The Morgan fingerprint density at radius 2 is 1.00 bits per heavy atom. The van der Waals surface area contributed by atoms with Crippen molar-refractivity contribution in [2.24, 2.45) is 35.5 Å². The van der Waals surface area contributed by atoms with Gasteiger partial charge in [-0.3, -0.25) is 0 Å². The highest BCUT2D eigenvalue weighted by Gasteiger charge is 2.50. The van der Waals surface area contributed by atoms with E-state index in [1.54, 1.807) is 32.9 Å². The molecule has 0 bridgehead atoms. The molecule has 0 spiro atoms. The SMILES string of the molecule is CCC1=C\C=C\C(CC)C(C(C)C(O)CC2(O)CC(OC3CC(O)C(O)C(C)O3)C(CC)C(C)O2)OC(=O)/C=C/C(CC)=C/C=C/C(CC)C(C(C)C(O)CC2(C)CC(OC3CC(O)C(O)C(C)O3)C(CC)C(C)O2)OC(=O)\C=C\1. The molecule has 4 fully saturated rings. The van der Waals surface area contributed by atoms with Crippen LogP contribution in [0.5, 0.6) is 0 Å². The van der Waals surface area contributed by atoms with Gasteiger partial charge in [-0.1, -0.05) is 104 Å². The predicted octanol–water partition coefficient (Wildman–Crippen LogP) is 8.15. The molecule has 5 rings (SSSR count). The van der Waals surface area contributed by atoms with E-state index in [9.17, 15) is 45.3 Å². The van der Waals surface area contributed by atoms with Crippen molar-refractivity contribution >= 4 is 11.9 Å². The number of rotatable bonds is 18. The Bertz CT molecular complexity index is 1950. The Balaban J connectivity index is 1.37. The number of esters is 2. The van der Waals surface area contributed by atoms with Crippen LogP contribution in [-0.4, -0.2) is 157 Å².